The van der Waals surface area contributed by atoms with Crippen molar-refractivity contribution in [3.63, 3.8) is 0 Å². The zero-order valence-corrected chi connectivity index (χ0v) is 15.1. The van der Waals surface area contributed by atoms with Crippen LogP contribution >= 0.6 is 11.8 Å². The van der Waals surface area contributed by atoms with Gasteiger partial charge in [0.25, 0.3) is 0 Å². The molecule has 1 saturated heterocycles. The number of rotatable bonds is 7. The highest BCUT2D eigenvalue weighted by Crippen LogP contribution is 2.19. The maximum atomic E-state index is 12.1. The summed E-state index contributed by atoms with van der Waals surface area (Å²) >= 11 is 1.33. The van der Waals surface area contributed by atoms with Gasteiger partial charge in [-0.2, -0.15) is 0 Å². The Morgan fingerprint density at radius 2 is 2.08 bits per heavy atom. The first-order valence-electron chi connectivity index (χ1n) is 8.51. The average molecular weight is 361 g/mol. The van der Waals surface area contributed by atoms with Gasteiger partial charge in [-0.15, -0.1) is 5.10 Å². The molecule has 1 aromatic carbocycles. The van der Waals surface area contributed by atoms with Crippen molar-refractivity contribution >= 4 is 29.0 Å². The Morgan fingerprint density at radius 3 is 2.80 bits per heavy atom. The number of carbonyl (C=O) groups is 1. The van der Waals surface area contributed by atoms with Crippen LogP contribution in [-0.2, 0) is 16.0 Å². The van der Waals surface area contributed by atoms with Gasteiger partial charge in [0.1, 0.15) is 5.82 Å². The molecule has 1 aliphatic rings. The summed E-state index contributed by atoms with van der Waals surface area (Å²) in [6.07, 6.45) is 1.88. The number of aromatic amines is 1. The molecule has 0 saturated carbocycles. The summed E-state index contributed by atoms with van der Waals surface area (Å²) in [4.78, 5) is 18.7. The standard InChI is InChI=1S/C17H23N5O2S/c1-2-3-15-19-17(21-20-15)25-12-16(23)18-13-4-6-14(7-5-13)22-8-10-24-11-9-22/h4-7H,2-3,8-12H2,1H3,(H,18,23)(H,19,20,21). The second kappa shape index (κ2) is 8.87. The molecular weight excluding hydrogens is 338 g/mol. The monoisotopic (exact) mass is 361 g/mol. The number of hydrogen-bond acceptors (Lipinski definition) is 6. The van der Waals surface area contributed by atoms with Gasteiger partial charge < -0.3 is 15.0 Å². The first kappa shape index (κ1) is 17.8. The van der Waals surface area contributed by atoms with Crippen LogP contribution in [0.15, 0.2) is 29.4 Å². The van der Waals surface area contributed by atoms with Crippen LogP contribution in [0.3, 0.4) is 0 Å². The largest absolute Gasteiger partial charge is 0.378 e. The summed E-state index contributed by atoms with van der Waals surface area (Å²) in [5, 5.41) is 10.5. The van der Waals surface area contributed by atoms with Crippen LogP contribution in [0.25, 0.3) is 0 Å². The minimum absolute atomic E-state index is 0.0639. The molecule has 1 fully saturated rings. The van der Waals surface area contributed by atoms with Crippen molar-refractivity contribution in [2.45, 2.75) is 24.9 Å². The second-order valence-corrected chi connectivity index (χ2v) is 6.74. The highest BCUT2D eigenvalue weighted by atomic mass is 32.2. The van der Waals surface area contributed by atoms with E-state index in [-0.39, 0.29) is 11.7 Å². The number of ether oxygens (including phenoxy) is 1. The molecule has 0 spiro atoms. The molecule has 7 nitrogen and oxygen atoms in total. The molecule has 0 aliphatic carbocycles. The van der Waals surface area contributed by atoms with Gasteiger partial charge in [-0.25, -0.2) is 4.98 Å². The summed E-state index contributed by atoms with van der Waals surface area (Å²) < 4.78 is 5.36. The molecule has 2 heterocycles. The number of nitrogens with zero attached hydrogens (tertiary/aromatic N) is 3. The molecule has 0 unspecified atom stereocenters. The molecular formula is C17H23N5O2S. The minimum atomic E-state index is -0.0639. The summed E-state index contributed by atoms with van der Waals surface area (Å²) in [5.74, 6) is 1.09. The van der Waals surface area contributed by atoms with Crippen LogP contribution < -0.4 is 10.2 Å². The van der Waals surface area contributed by atoms with E-state index in [0.29, 0.717) is 5.16 Å². The number of aromatic nitrogens is 3. The van der Waals surface area contributed by atoms with E-state index in [2.05, 4.69) is 32.3 Å². The Kier molecular flexibility index (Phi) is 6.30. The fourth-order valence-electron chi connectivity index (χ4n) is 2.60. The van der Waals surface area contributed by atoms with Crippen molar-refractivity contribution in [1.82, 2.24) is 15.2 Å². The molecule has 2 N–H and O–H groups in total. The van der Waals surface area contributed by atoms with Gasteiger partial charge in [-0.1, -0.05) is 18.7 Å². The van der Waals surface area contributed by atoms with E-state index >= 15 is 0 Å². The fraction of sp³-hybridized carbons (Fsp3) is 0.471. The summed E-state index contributed by atoms with van der Waals surface area (Å²) in [6, 6.07) is 7.92. The van der Waals surface area contributed by atoms with Crippen LogP contribution in [-0.4, -0.2) is 53.1 Å². The van der Waals surface area contributed by atoms with Gasteiger partial charge in [0.2, 0.25) is 11.1 Å². The average Bonchev–Trinajstić information content (AvgIpc) is 3.09. The molecule has 0 radical (unpaired) electrons. The van der Waals surface area contributed by atoms with Gasteiger partial charge in [0.15, 0.2) is 0 Å². The van der Waals surface area contributed by atoms with Crippen molar-refractivity contribution in [1.29, 1.82) is 0 Å². The highest BCUT2D eigenvalue weighted by Gasteiger charge is 2.11. The normalized spacial score (nSPS) is 14.5. The first-order valence-corrected chi connectivity index (χ1v) is 9.50. The number of nitrogens with one attached hydrogen (secondary N) is 2. The van der Waals surface area contributed by atoms with Crippen molar-refractivity contribution in [2.24, 2.45) is 0 Å². The second-order valence-electron chi connectivity index (χ2n) is 5.80. The van der Waals surface area contributed by atoms with E-state index < -0.39 is 0 Å². The van der Waals surface area contributed by atoms with Crippen LogP contribution in [0.5, 0.6) is 0 Å². The lowest BCUT2D eigenvalue weighted by Gasteiger charge is -2.28. The Labute approximate surface area is 151 Å². The third-order valence-corrected chi connectivity index (χ3v) is 4.70. The Morgan fingerprint density at radius 1 is 1.32 bits per heavy atom. The molecule has 1 amide bonds. The topological polar surface area (TPSA) is 83.1 Å². The van der Waals surface area contributed by atoms with Crippen LogP contribution in [0.4, 0.5) is 11.4 Å². The van der Waals surface area contributed by atoms with E-state index in [1.807, 2.05) is 24.3 Å². The third-order valence-electron chi connectivity index (χ3n) is 3.86. The number of hydrogen-bond donors (Lipinski definition) is 2. The minimum Gasteiger partial charge on any atom is -0.378 e. The molecule has 8 heteroatoms. The zero-order chi connectivity index (χ0) is 17.5. The number of carbonyl (C=O) groups excluding carboxylic acids is 1. The van der Waals surface area contributed by atoms with E-state index in [9.17, 15) is 4.79 Å². The fourth-order valence-corrected chi connectivity index (χ4v) is 3.21. The van der Waals surface area contributed by atoms with Gasteiger partial charge in [0.05, 0.1) is 19.0 Å². The summed E-state index contributed by atoms with van der Waals surface area (Å²) in [5.41, 5.74) is 1.95. The van der Waals surface area contributed by atoms with Crippen LogP contribution in [0, 0.1) is 0 Å². The maximum Gasteiger partial charge on any atom is 0.234 e. The Balaban J connectivity index is 1.47. The number of amides is 1. The summed E-state index contributed by atoms with van der Waals surface area (Å²) in [7, 11) is 0. The molecule has 2 aromatic rings. The van der Waals surface area contributed by atoms with E-state index in [4.69, 9.17) is 4.74 Å². The van der Waals surface area contributed by atoms with Crippen LogP contribution in [0.1, 0.15) is 19.2 Å². The molecule has 3 rings (SSSR count). The maximum absolute atomic E-state index is 12.1. The van der Waals surface area contributed by atoms with Crippen molar-refractivity contribution in [3.8, 4) is 0 Å². The quantitative estimate of drug-likeness (QED) is 0.737. The number of H-pyrrole nitrogens is 1. The molecule has 1 aliphatic heterocycles. The van der Waals surface area contributed by atoms with Crippen molar-refractivity contribution in [3.05, 3.63) is 30.1 Å². The summed E-state index contributed by atoms with van der Waals surface area (Å²) in [6.45, 7) is 5.42. The molecule has 0 bridgehead atoms. The molecule has 0 atom stereocenters. The Bertz CT molecular complexity index is 683. The number of thioether (sulfide) groups is 1. The van der Waals surface area contributed by atoms with E-state index in [1.165, 1.54) is 11.8 Å². The number of anilines is 2. The number of morpholine rings is 1. The lowest BCUT2D eigenvalue weighted by atomic mass is 10.2. The number of benzene rings is 1. The van der Waals surface area contributed by atoms with Crippen LogP contribution in [0.2, 0.25) is 0 Å². The van der Waals surface area contributed by atoms with E-state index in [1.54, 1.807) is 0 Å². The third kappa shape index (κ3) is 5.20. The number of aryl methyl sites for hydroxylation is 1. The SMILES string of the molecule is CCCc1nc(SCC(=O)Nc2ccc(N3CCOCC3)cc2)n[nH]1. The lowest BCUT2D eigenvalue weighted by molar-refractivity contribution is -0.113. The van der Waals surface area contributed by atoms with Gasteiger partial charge in [-0.3, -0.25) is 9.89 Å². The smallest absolute Gasteiger partial charge is 0.234 e. The first-order chi connectivity index (χ1) is 12.2. The molecule has 1 aromatic heterocycles. The highest BCUT2D eigenvalue weighted by molar-refractivity contribution is 7.99. The molecule has 25 heavy (non-hydrogen) atoms. The van der Waals surface area contributed by atoms with Gasteiger partial charge >= 0.3 is 0 Å². The predicted molar refractivity (Wildman–Crippen MR) is 99.2 cm³/mol. The van der Waals surface area contributed by atoms with Gasteiger partial charge in [0, 0.05) is 30.9 Å². The zero-order valence-electron chi connectivity index (χ0n) is 14.3. The van der Waals surface area contributed by atoms with Crippen molar-refractivity contribution < 1.29 is 9.53 Å². The lowest BCUT2D eigenvalue weighted by Crippen LogP contribution is -2.36. The molecule has 134 valence electrons. The van der Waals surface area contributed by atoms with E-state index in [0.717, 1.165) is 56.3 Å². The Hall–Kier alpha value is -2.06. The van der Waals surface area contributed by atoms with Gasteiger partial charge in [-0.05, 0) is 30.7 Å². The predicted octanol–water partition coefficient (Wildman–Crippen LogP) is 2.32. The van der Waals surface area contributed by atoms with Crippen molar-refractivity contribution in [2.75, 3.05) is 42.3 Å².